The number of anilines is 3. The maximum atomic E-state index is 12.6. The largest absolute Gasteiger partial charge is 0.341 e. The average molecular weight is 566 g/mol. The zero-order chi connectivity index (χ0) is 22.8. The number of Topliss-reactive ketones (excluding diaryl/α,β-unsaturated/α-hetero) is 1. The molecule has 3 aromatic rings. The van der Waals surface area contributed by atoms with Crippen LogP contribution in [-0.4, -0.2) is 37.3 Å². The molecule has 0 atom stereocenters. The Morgan fingerprint density at radius 1 is 1.28 bits per heavy atom. The summed E-state index contributed by atoms with van der Waals surface area (Å²) < 4.78 is 2.32. The number of rotatable bonds is 6. The van der Waals surface area contributed by atoms with Crippen LogP contribution in [-0.2, 0) is 18.3 Å². The molecule has 9 heteroatoms. The zero-order valence-electron chi connectivity index (χ0n) is 18.1. The average Bonchev–Trinajstić information content (AvgIpc) is 2.77. The highest BCUT2D eigenvalue weighted by Gasteiger charge is 2.20. The van der Waals surface area contributed by atoms with Crippen molar-refractivity contribution in [2.45, 2.75) is 36.5 Å². The number of benzene rings is 1. The molecule has 7 nitrogen and oxygen atoms in total. The van der Waals surface area contributed by atoms with Crippen molar-refractivity contribution in [1.82, 2.24) is 14.5 Å². The van der Waals surface area contributed by atoms with E-state index in [1.807, 2.05) is 24.3 Å². The minimum absolute atomic E-state index is 0.0690. The second-order valence-electron chi connectivity index (χ2n) is 8.16. The summed E-state index contributed by atoms with van der Waals surface area (Å²) in [6.07, 6.45) is 4.65. The van der Waals surface area contributed by atoms with Gasteiger partial charge in [-0.2, -0.15) is 4.98 Å². The predicted molar refractivity (Wildman–Crippen MR) is 138 cm³/mol. The van der Waals surface area contributed by atoms with E-state index in [2.05, 4.69) is 42.8 Å². The molecule has 168 valence electrons. The number of hydrogen-bond donors (Lipinski definition) is 1. The number of halogens is 2. The quantitative estimate of drug-likeness (QED) is 0.346. The molecule has 0 aliphatic carbocycles. The van der Waals surface area contributed by atoms with Gasteiger partial charge in [0.15, 0.2) is 5.82 Å². The lowest BCUT2D eigenvalue weighted by Gasteiger charge is -2.29. The van der Waals surface area contributed by atoms with Gasteiger partial charge in [0, 0.05) is 47.1 Å². The number of ketones is 1. The first-order valence-electron chi connectivity index (χ1n) is 10.6. The lowest BCUT2D eigenvalue weighted by molar-refractivity contribution is -0.116. The number of nitrogens with zero attached hydrogens (tertiary/aromatic N) is 4. The van der Waals surface area contributed by atoms with E-state index in [-0.39, 0.29) is 11.3 Å². The summed E-state index contributed by atoms with van der Waals surface area (Å²) >= 11 is 8.88. The molecule has 1 fully saturated rings. The fourth-order valence-corrected chi connectivity index (χ4v) is 4.60. The summed E-state index contributed by atoms with van der Waals surface area (Å²) in [7, 11) is 1.75. The van der Waals surface area contributed by atoms with Crippen molar-refractivity contribution < 1.29 is 4.79 Å². The zero-order valence-corrected chi connectivity index (χ0v) is 21.0. The van der Waals surface area contributed by atoms with Crippen LogP contribution >= 0.6 is 34.2 Å². The van der Waals surface area contributed by atoms with Crippen LogP contribution in [0.5, 0.6) is 0 Å². The van der Waals surface area contributed by atoms with E-state index in [9.17, 15) is 9.59 Å². The SMILES string of the molecule is CC(=O)CCc1cc2cc(Nc3nc(N4CCC(I)CC4)ncc3Cl)ccc2n(C)c1=O. The number of carbonyl (C=O) groups excluding carboxylic acids is 1. The van der Waals surface area contributed by atoms with Gasteiger partial charge < -0.3 is 19.6 Å². The molecule has 1 saturated heterocycles. The molecule has 0 saturated carbocycles. The Morgan fingerprint density at radius 2 is 2.03 bits per heavy atom. The lowest BCUT2D eigenvalue weighted by Crippen LogP contribution is -2.35. The minimum Gasteiger partial charge on any atom is -0.341 e. The van der Waals surface area contributed by atoms with Gasteiger partial charge in [0.1, 0.15) is 10.8 Å². The molecule has 0 bridgehead atoms. The number of nitrogens with one attached hydrogen (secondary N) is 1. The highest BCUT2D eigenvalue weighted by atomic mass is 127. The van der Waals surface area contributed by atoms with Gasteiger partial charge in [-0.15, -0.1) is 0 Å². The second kappa shape index (κ2) is 9.74. The van der Waals surface area contributed by atoms with E-state index >= 15 is 0 Å². The highest BCUT2D eigenvalue weighted by Crippen LogP contribution is 2.28. The third kappa shape index (κ3) is 5.06. The van der Waals surface area contributed by atoms with Crippen LogP contribution in [0.4, 0.5) is 17.5 Å². The van der Waals surface area contributed by atoms with Gasteiger partial charge in [-0.3, -0.25) is 4.79 Å². The number of fused-ring (bicyclic) bond motifs is 1. The van der Waals surface area contributed by atoms with E-state index < -0.39 is 0 Å². The molecule has 0 radical (unpaired) electrons. The summed E-state index contributed by atoms with van der Waals surface area (Å²) in [6, 6.07) is 7.63. The number of piperidine rings is 1. The maximum Gasteiger partial charge on any atom is 0.253 e. The van der Waals surface area contributed by atoms with Gasteiger partial charge in [0.25, 0.3) is 5.56 Å². The van der Waals surface area contributed by atoms with Crippen LogP contribution in [0.2, 0.25) is 5.02 Å². The molecule has 1 aliphatic heterocycles. The van der Waals surface area contributed by atoms with E-state index in [4.69, 9.17) is 11.6 Å². The number of pyridine rings is 1. The number of hydrogen-bond acceptors (Lipinski definition) is 6. The molecule has 0 spiro atoms. The first-order chi connectivity index (χ1) is 15.3. The van der Waals surface area contributed by atoms with E-state index in [0.29, 0.717) is 39.1 Å². The molecule has 4 rings (SSSR count). The summed E-state index contributed by atoms with van der Waals surface area (Å²) in [5, 5.41) is 4.66. The van der Waals surface area contributed by atoms with Gasteiger partial charge in [-0.25, -0.2) is 4.98 Å². The molecule has 1 aliphatic rings. The Hall–Kier alpha value is -2.20. The van der Waals surface area contributed by atoms with Crippen molar-refractivity contribution in [3.63, 3.8) is 0 Å². The smallest absolute Gasteiger partial charge is 0.253 e. The van der Waals surface area contributed by atoms with Gasteiger partial charge in [-0.1, -0.05) is 34.2 Å². The van der Waals surface area contributed by atoms with Crippen LogP contribution in [0.25, 0.3) is 10.9 Å². The first kappa shape index (κ1) is 23.0. The van der Waals surface area contributed by atoms with E-state index in [1.165, 1.54) is 6.92 Å². The summed E-state index contributed by atoms with van der Waals surface area (Å²) in [4.78, 5) is 35.3. The Morgan fingerprint density at radius 3 is 2.75 bits per heavy atom. The second-order valence-corrected chi connectivity index (χ2v) is 10.3. The fraction of sp³-hybridized carbons (Fsp3) is 0.391. The Labute approximate surface area is 205 Å². The van der Waals surface area contributed by atoms with Crippen molar-refractivity contribution in [3.05, 3.63) is 51.4 Å². The lowest BCUT2D eigenvalue weighted by atomic mass is 10.1. The van der Waals surface area contributed by atoms with Crippen molar-refractivity contribution >= 4 is 68.3 Å². The third-order valence-electron chi connectivity index (χ3n) is 5.75. The van der Waals surface area contributed by atoms with Crippen molar-refractivity contribution in [2.75, 3.05) is 23.3 Å². The Bertz CT molecular complexity index is 1220. The van der Waals surface area contributed by atoms with Crippen molar-refractivity contribution in [3.8, 4) is 0 Å². The normalized spacial score (nSPS) is 14.7. The van der Waals surface area contributed by atoms with E-state index in [0.717, 1.165) is 42.5 Å². The monoisotopic (exact) mass is 565 g/mol. The van der Waals surface area contributed by atoms with E-state index in [1.54, 1.807) is 17.8 Å². The molecule has 3 heterocycles. The van der Waals surface area contributed by atoms with Crippen LogP contribution in [0.15, 0.2) is 35.3 Å². The summed E-state index contributed by atoms with van der Waals surface area (Å²) in [5.41, 5.74) is 2.20. The molecule has 0 amide bonds. The number of carbonyl (C=O) groups is 1. The van der Waals surface area contributed by atoms with Crippen LogP contribution < -0.4 is 15.8 Å². The summed E-state index contributed by atoms with van der Waals surface area (Å²) in [5.74, 6) is 1.30. The molecular weight excluding hydrogens is 541 g/mol. The first-order valence-corrected chi connectivity index (χ1v) is 12.2. The van der Waals surface area contributed by atoms with Crippen molar-refractivity contribution in [1.29, 1.82) is 0 Å². The minimum atomic E-state index is -0.0711. The summed E-state index contributed by atoms with van der Waals surface area (Å²) in [6.45, 7) is 3.40. The van der Waals surface area contributed by atoms with Crippen LogP contribution in [0.1, 0.15) is 31.7 Å². The van der Waals surface area contributed by atoms with Gasteiger partial charge in [-0.05, 0) is 50.5 Å². The molecule has 1 N–H and O–H groups in total. The number of aryl methyl sites for hydroxylation is 2. The molecule has 1 aromatic carbocycles. The van der Waals surface area contributed by atoms with Crippen LogP contribution in [0.3, 0.4) is 0 Å². The predicted octanol–water partition coefficient (Wildman–Crippen LogP) is 4.65. The molecular formula is C23H25ClIN5O2. The van der Waals surface area contributed by atoms with Gasteiger partial charge in [0.2, 0.25) is 5.95 Å². The highest BCUT2D eigenvalue weighted by molar-refractivity contribution is 14.1. The maximum absolute atomic E-state index is 12.6. The van der Waals surface area contributed by atoms with Gasteiger partial charge in [0.05, 0.1) is 11.7 Å². The fourth-order valence-electron chi connectivity index (χ4n) is 3.90. The third-order valence-corrected chi connectivity index (χ3v) is 7.27. The van der Waals surface area contributed by atoms with Crippen molar-refractivity contribution in [2.24, 2.45) is 7.05 Å². The Balaban J connectivity index is 1.62. The molecule has 2 aromatic heterocycles. The number of aromatic nitrogens is 3. The van der Waals surface area contributed by atoms with Gasteiger partial charge >= 0.3 is 0 Å². The number of alkyl halides is 1. The molecule has 32 heavy (non-hydrogen) atoms. The Kier molecular flexibility index (Phi) is 6.99. The standard InChI is InChI=1S/C23H25ClIN5O2/c1-14(31)3-4-15-11-16-12-18(5-6-20(16)29(2)22(15)32)27-21-19(24)13-26-23(28-21)30-9-7-17(25)8-10-30/h5-6,11-13,17H,3-4,7-10H2,1-2H3,(H,26,27,28). The topological polar surface area (TPSA) is 80.1 Å². The molecule has 0 unspecified atom stereocenters. The van der Waals surface area contributed by atoms with Crippen LogP contribution in [0, 0.1) is 0 Å².